The van der Waals surface area contributed by atoms with Crippen LogP contribution in [0.25, 0.3) is 117 Å². The first-order valence-corrected chi connectivity index (χ1v) is 20.1. The molecule has 0 fully saturated rings. The second-order valence-corrected chi connectivity index (χ2v) is 16.5. The van der Waals surface area contributed by atoms with Gasteiger partial charge < -0.3 is 0 Å². The van der Waals surface area contributed by atoms with E-state index in [9.17, 15) is 0 Å². The summed E-state index contributed by atoms with van der Waals surface area (Å²) in [6.07, 6.45) is 0. The lowest BCUT2D eigenvalue weighted by Gasteiger charge is -2.18. The van der Waals surface area contributed by atoms with E-state index < -0.39 is 0 Å². The third kappa shape index (κ3) is 4.42. The Hall–Kier alpha value is -6.32. The van der Waals surface area contributed by atoms with Gasteiger partial charge in [0.15, 0.2) is 0 Å². The smallest absolute Gasteiger partial charge is 0.0448 e. The average Bonchev–Trinajstić information content (AvgIpc) is 3.81. The van der Waals surface area contributed by atoms with Gasteiger partial charge in [-0.3, -0.25) is 0 Å². The molecule has 0 saturated carbocycles. The fourth-order valence-corrected chi connectivity index (χ4v) is 11.5. The van der Waals surface area contributed by atoms with Gasteiger partial charge >= 0.3 is 0 Å². The Kier molecular flexibility index (Phi) is 6.48. The Morgan fingerprint density at radius 1 is 0.259 bits per heavy atom. The zero-order chi connectivity index (χ0) is 35.3. The number of hydrogen-bond donors (Lipinski definition) is 0. The van der Waals surface area contributed by atoms with Crippen LogP contribution in [0, 0.1) is 0 Å². The summed E-state index contributed by atoms with van der Waals surface area (Å²) < 4.78 is 5.45. The minimum atomic E-state index is 1.23. The molecule has 0 aliphatic heterocycles. The van der Waals surface area contributed by atoms with Crippen molar-refractivity contribution < 1.29 is 0 Å². The van der Waals surface area contributed by atoms with E-state index in [1.807, 2.05) is 22.7 Å². The lowest BCUT2D eigenvalue weighted by molar-refractivity contribution is 1.63. The van der Waals surface area contributed by atoms with E-state index in [1.165, 1.54) is 117 Å². The van der Waals surface area contributed by atoms with Crippen LogP contribution in [0.5, 0.6) is 0 Å². The fourth-order valence-electron chi connectivity index (χ4n) is 8.95. The van der Waals surface area contributed by atoms with Gasteiger partial charge in [0, 0.05) is 40.3 Å². The first-order chi connectivity index (χ1) is 26.8. The lowest BCUT2D eigenvalue weighted by Crippen LogP contribution is -1.91. The van der Waals surface area contributed by atoms with Crippen LogP contribution in [0.4, 0.5) is 0 Å². The Balaban J connectivity index is 1.06. The zero-order valence-electron chi connectivity index (χ0n) is 29.1. The van der Waals surface area contributed by atoms with Gasteiger partial charge in [0.2, 0.25) is 0 Å². The normalized spacial score (nSPS) is 12.1. The molecule has 0 N–H and O–H groups in total. The van der Waals surface area contributed by atoms with Crippen molar-refractivity contribution in [3.8, 4) is 33.4 Å². The molecule has 0 aliphatic rings. The molecule has 0 aliphatic carbocycles. The van der Waals surface area contributed by atoms with Crippen molar-refractivity contribution in [2.24, 2.45) is 0 Å². The molecule has 2 heterocycles. The highest BCUT2D eigenvalue weighted by Gasteiger charge is 2.19. The molecule has 2 aromatic heterocycles. The average molecular weight is 719 g/mol. The predicted octanol–water partition coefficient (Wildman–Crippen LogP) is 16.0. The van der Waals surface area contributed by atoms with E-state index in [1.54, 1.807) is 0 Å². The molecule has 0 spiro atoms. The predicted molar refractivity (Wildman–Crippen MR) is 239 cm³/mol. The van der Waals surface area contributed by atoms with E-state index in [4.69, 9.17) is 0 Å². The molecule has 54 heavy (non-hydrogen) atoms. The fraction of sp³-hybridized carbons (Fsp3) is 0. The SMILES string of the molecule is c1cc(-c2ccc3sc4ccc5c6ccc7ccccc7c6sc5c4c3c2)cc(-c2c3ccccc3c(-c3ccc4ccccc4c3)c3ccccc23)c1. The number of fused-ring (bicyclic) bond motifs is 12. The van der Waals surface area contributed by atoms with E-state index in [0.29, 0.717) is 0 Å². The highest BCUT2D eigenvalue weighted by molar-refractivity contribution is 7.30. The van der Waals surface area contributed by atoms with Gasteiger partial charge in [0.1, 0.15) is 0 Å². The van der Waals surface area contributed by atoms with Gasteiger partial charge in [-0.1, -0.05) is 152 Å². The largest absolute Gasteiger partial charge is 0.135 e. The summed E-state index contributed by atoms with van der Waals surface area (Å²) in [5, 5.41) is 15.7. The van der Waals surface area contributed by atoms with Gasteiger partial charge in [0.05, 0.1) is 0 Å². The van der Waals surface area contributed by atoms with Gasteiger partial charge in [-0.25, -0.2) is 0 Å². The van der Waals surface area contributed by atoms with Crippen LogP contribution in [-0.4, -0.2) is 0 Å². The summed E-state index contributed by atoms with van der Waals surface area (Å²) in [5.41, 5.74) is 7.54. The second kappa shape index (κ2) is 11.6. The van der Waals surface area contributed by atoms with E-state index in [0.717, 1.165) is 0 Å². The molecule has 0 radical (unpaired) electrons. The minimum absolute atomic E-state index is 1.23. The molecule has 12 aromatic rings. The topological polar surface area (TPSA) is 0 Å². The molecule has 0 amide bonds. The van der Waals surface area contributed by atoms with Crippen LogP contribution in [0.15, 0.2) is 182 Å². The van der Waals surface area contributed by atoms with Crippen LogP contribution in [0.1, 0.15) is 0 Å². The molecule has 10 aromatic carbocycles. The lowest BCUT2D eigenvalue weighted by atomic mass is 9.85. The van der Waals surface area contributed by atoms with Crippen LogP contribution in [0.3, 0.4) is 0 Å². The maximum atomic E-state index is 2.44. The van der Waals surface area contributed by atoms with E-state index in [2.05, 4.69) is 182 Å². The third-order valence-electron chi connectivity index (χ3n) is 11.4. The van der Waals surface area contributed by atoms with Crippen LogP contribution < -0.4 is 0 Å². The molecule has 0 saturated heterocycles. The molecule has 0 atom stereocenters. The number of thiophene rings is 2. The first kappa shape index (κ1) is 30.2. The molecule has 0 unspecified atom stereocenters. The van der Waals surface area contributed by atoms with Gasteiger partial charge in [0.25, 0.3) is 0 Å². The Morgan fingerprint density at radius 2 is 0.796 bits per heavy atom. The molecule has 0 nitrogen and oxygen atoms in total. The number of benzene rings is 10. The maximum Gasteiger partial charge on any atom is 0.0448 e. The molecular weight excluding hydrogens is 689 g/mol. The Morgan fingerprint density at radius 3 is 1.56 bits per heavy atom. The Bertz CT molecular complexity index is 3450. The van der Waals surface area contributed by atoms with Crippen LogP contribution in [0.2, 0.25) is 0 Å². The van der Waals surface area contributed by atoms with Crippen molar-refractivity contribution in [2.45, 2.75) is 0 Å². The van der Waals surface area contributed by atoms with Crippen molar-refractivity contribution in [3.05, 3.63) is 182 Å². The number of hydrogen-bond acceptors (Lipinski definition) is 2. The Labute approximate surface area is 319 Å². The highest BCUT2D eigenvalue weighted by Crippen LogP contribution is 2.48. The molecule has 12 rings (SSSR count). The van der Waals surface area contributed by atoms with Crippen LogP contribution in [-0.2, 0) is 0 Å². The summed E-state index contributed by atoms with van der Waals surface area (Å²) in [7, 11) is 0. The monoisotopic (exact) mass is 718 g/mol. The summed E-state index contributed by atoms with van der Waals surface area (Å²) in [4.78, 5) is 0. The summed E-state index contributed by atoms with van der Waals surface area (Å²) in [6.45, 7) is 0. The molecule has 0 bridgehead atoms. The van der Waals surface area contributed by atoms with Crippen molar-refractivity contribution in [1.29, 1.82) is 0 Å². The number of rotatable bonds is 3. The van der Waals surface area contributed by atoms with Crippen molar-refractivity contribution in [3.63, 3.8) is 0 Å². The quantitative estimate of drug-likeness (QED) is 0.160. The first-order valence-electron chi connectivity index (χ1n) is 18.5. The maximum absolute atomic E-state index is 2.44. The highest BCUT2D eigenvalue weighted by atomic mass is 32.1. The van der Waals surface area contributed by atoms with E-state index >= 15 is 0 Å². The van der Waals surface area contributed by atoms with Gasteiger partial charge in [-0.05, 0) is 107 Å². The third-order valence-corrected chi connectivity index (χ3v) is 13.8. The van der Waals surface area contributed by atoms with Gasteiger partial charge in [-0.15, -0.1) is 22.7 Å². The molecule has 2 heteroatoms. The molecular formula is C52H30S2. The van der Waals surface area contributed by atoms with Crippen LogP contribution >= 0.6 is 22.7 Å². The zero-order valence-corrected chi connectivity index (χ0v) is 30.8. The molecule has 250 valence electrons. The van der Waals surface area contributed by atoms with Crippen molar-refractivity contribution in [1.82, 2.24) is 0 Å². The summed E-state index contributed by atoms with van der Waals surface area (Å²) >= 11 is 3.85. The van der Waals surface area contributed by atoms with Gasteiger partial charge in [-0.2, -0.15) is 0 Å². The van der Waals surface area contributed by atoms with Crippen molar-refractivity contribution in [2.75, 3.05) is 0 Å². The van der Waals surface area contributed by atoms with Crippen molar-refractivity contribution >= 4 is 106 Å². The summed E-state index contributed by atoms with van der Waals surface area (Å²) in [5.74, 6) is 0. The second-order valence-electron chi connectivity index (χ2n) is 14.4. The summed E-state index contributed by atoms with van der Waals surface area (Å²) in [6, 6.07) is 67.8. The minimum Gasteiger partial charge on any atom is -0.135 e. The van der Waals surface area contributed by atoms with E-state index in [-0.39, 0.29) is 0 Å². The standard InChI is InChI=1S/C52H30S2/c1-2-12-33-28-37(21-20-31(33)10-1)49-41-18-7-5-16-39(41)48(40-17-6-8-19-42(40)49)36-14-9-13-34(29-36)35-23-26-46-45(30-35)50-47(53-46)27-25-44-43-24-22-32-11-3-4-15-38(32)51(43)54-52(44)50/h1-30H.